The summed E-state index contributed by atoms with van der Waals surface area (Å²) in [5.41, 5.74) is 1.41. The molecule has 2 aromatic rings. The molecule has 0 aliphatic carbocycles. The van der Waals surface area contributed by atoms with Gasteiger partial charge in [-0.05, 0) is 36.4 Å². The van der Waals surface area contributed by atoms with Gasteiger partial charge in [-0.2, -0.15) is 0 Å². The van der Waals surface area contributed by atoms with Crippen LogP contribution >= 0.6 is 24.0 Å². The van der Waals surface area contributed by atoms with Crippen LogP contribution in [0.25, 0.3) is 6.08 Å². The van der Waals surface area contributed by atoms with Crippen LogP contribution in [0.1, 0.15) is 12.5 Å². The van der Waals surface area contributed by atoms with E-state index in [1.165, 1.54) is 24.0 Å². The van der Waals surface area contributed by atoms with Crippen LogP contribution in [0.15, 0.2) is 53.4 Å². The summed E-state index contributed by atoms with van der Waals surface area (Å²) in [6, 6.07) is 12.9. The van der Waals surface area contributed by atoms with Crippen molar-refractivity contribution in [3.63, 3.8) is 0 Å². The molecule has 0 atom stereocenters. The van der Waals surface area contributed by atoms with Crippen molar-refractivity contribution in [2.24, 2.45) is 0 Å². The van der Waals surface area contributed by atoms with E-state index in [9.17, 15) is 19.7 Å². The molecule has 3 rings (SSSR count). The van der Waals surface area contributed by atoms with Crippen molar-refractivity contribution in [3.8, 4) is 0 Å². The van der Waals surface area contributed by atoms with Gasteiger partial charge in [-0.25, -0.2) is 0 Å². The Bertz CT molecular complexity index is 986. The Hall–Kier alpha value is -3.04. The number of anilines is 2. The minimum atomic E-state index is -0.493. The molecule has 0 bridgehead atoms. The van der Waals surface area contributed by atoms with Gasteiger partial charge in [0, 0.05) is 18.7 Å². The highest BCUT2D eigenvalue weighted by Gasteiger charge is 2.33. The second kappa shape index (κ2) is 7.68. The minimum Gasteiger partial charge on any atom is -0.326 e. The Balaban J connectivity index is 1.89. The summed E-state index contributed by atoms with van der Waals surface area (Å²) in [5.74, 6) is -0.545. The number of rotatable bonds is 4. The van der Waals surface area contributed by atoms with Crippen LogP contribution < -0.4 is 10.2 Å². The normalized spacial score (nSPS) is 15.3. The lowest BCUT2D eigenvalue weighted by Gasteiger charge is -2.15. The van der Waals surface area contributed by atoms with E-state index in [0.717, 1.165) is 11.8 Å². The van der Waals surface area contributed by atoms with Gasteiger partial charge >= 0.3 is 0 Å². The second-order valence-corrected chi connectivity index (χ2v) is 7.24. The number of para-hydroxylation sites is 1. The maximum atomic E-state index is 12.8. The van der Waals surface area contributed by atoms with Crippen LogP contribution in [0.5, 0.6) is 0 Å². The quantitative estimate of drug-likeness (QED) is 0.362. The monoisotopic (exact) mass is 399 g/mol. The lowest BCUT2D eigenvalue weighted by molar-refractivity contribution is -0.385. The Labute approximate surface area is 164 Å². The van der Waals surface area contributed by atoms with E-state index in [4.69, 9.17) is 12.2 Å². The SMILES string of the molecule is CC(=O)Nc1ccc(N2C(=O)/C(=C/c3ccccc3[N+](=O)[O-])SC2=S)cc1. The first-order valence-corrected chi connectivity index (χ1v) is 8.98. The molecule has 1 saturated heterocycles. The molecule has 1 heterocycles. The Morgan fingerprint density at radius 1 is 1.22 bits per heavy atom. The third-order valence-corrected chi connectivity index (χ3v) is 4.96. The van der Waals surface area contributed by atoms with Gasteiger partial charge in [0.25, 0.3) is 11.6 Å². The molecular weight excluding hydrogens is 386 g/mol. The standard InChI is InChI=1S/C18H13N3O4S2/c1-11(22)19-13-6-8-14(9-7-13)20-17(23)16(27-18(20)26)10-12-4-2-3-5-15(12)21(24)25/h2-10H,1H3,(H,19,22)/b16-10-. The van der Waals surface area contributed by atoms with Crippen molar-refractivity contribution in [1.29, 1.82) is 0 Å². The predicted octanol–water partition coefficient (Wildman–Crippen LogP) is 3.96. The van der Waals surface area contributed by atoms with Gasteiger partial charge in [0.05, 0.1) is 21.1 Å². The number of thiocarbonyl (C=S) groups is 1. The number of carbonyl (C=O) groups is 2. The summed E-state index contributed by atoms with van der Waals surface area (Å²) in [5, 5.41) is 13.8. The molecule has 0 spiro atoms. The third-order valence-electron chi connectivity index (χ3n) is 3.66. The molecule has 27 heavy (non-hydrogen) atoms. The first-order chi connectivity index (χ1) is 12.9. The van der Waals surface area contributed by atoms with Crippen LogP contribution in [0.4, 0.5) is 17.1 Å². The summed E-state index contributed by atoms with van der Waals surface area (Å²) in [4.78, 5) is 36.2. The van der Waals surface area contributed by atoms with Crippen LogP contribution in [-0.2, 0) is 9.59 Å². The molecule has 1 aliphatic heterocycles. The maximum Gasteiger partial charge on any atom is 0.276 e. The fourth-order valence-electron chi connectivity index (χ4n) is 2.50. The summed E-state index contributed by atoms with van der Waals surface area (Å²) in [7, 11) is 0. The molecule has 0 radical (unpaired) electrons. The number of amides is 2. The van der Waals surface area contributed by atoms with Gasteiger partial charge in [0.2, 0.25) is 5.91 Å². The number of carbonyl (C=O) groups excluding carboxylic acids is 2. The first kappa shape index (κ1) is 18.7. The number of hydrogen-bond donors (Lipinski definition) is 1. The Morgan fingerprint density at radius 3 is 2.52 bits per heavy atom. The maximum absolute atomic E-state index is 12.8. The van der Waals surface area contributed by atoms with Gasteiger partial charge in [0.15, 0.2) is 4.32 Å². The summed E-state index contributed by atoms with van der Waals surface area (Å²) < 4.78 is 0.331. The zero-order valence-corrected chi connectivity index (χ0v) is 15.7. The number of nitrogens with zero attached hydrogens (tertiary/aromatic N) is 2. The van der Waals surface area contributed by atoms with Gasteiger partial charge in [-0.15, -0.1) is 0 Å². The molecule has 1 fully saturated rings. The molecule has 9 heteroatoms. The van der Waals surface area contributed by atoms with Crippen LogP contribution in [0.3, 0.4) is 0 Å². The number of thioether (sulfide) groups is 1. The van der Waals surface area contributed by atoms with Crippen molar-refractivity contribution in [2.75, 3.05) is 10.2 Å². The lowest BCUT2D eigenvalue weighted by Crippen LogP contribution is -2.27. The fraction of sp³-hybridized carbons (Fsp3) is 0.0556. The van der Waals surface area contributed by atoms with Crippen LogP contribution in [-0.4, -0.2) is 21.1 Å². The lowest BCUT2D eigenvalue weighted by atomic mass is 10.1. The Kier molecular flexibility index (Phi) is 5.33. The van der Waals surface area contributed by atoms with E-state index in [0.29, 0.717) is 26.2 Å². The molecule has 7 nitrogen and oxygen atoms in total. The molecule has 136 valence electrons. The van der Waals surface area contributed by atoms with E-state index in [2.05, 4.69) is 5.32 Å². The van der Waals surface area contributed by atoms with E-state index < -0.39 is 4.92 Å². The van der Waals surface area contributed by atoms with E-state index in [1.807, 2.05) is 0 Å². The summed E-state index contributed by atoms with van der Waals surface area (Å²) in [6.45, 7) is 1.41. The van der Waals surface area contributed by atoms with Gasteiger partial charge in [-0.3, -0.25) is 24.6 Å². The van der Waals surface area contributed by atoms with E-state index in [1.54, 1.807) is 42.5 Å². The van der Waals surface area contributed by atoms with Crippen molar-refractivity contribution in [1.82, 2.24) is 0 Å². The highest BCUT2D eigenvalue weighted by Crippen LogP contribution is 2.37. The van der Waals surface area contributed by atoms with Crippen molar-refractivity contribution in [3.05, 3.63) is 69.1 Å². The fourth-order valence-corrected chi connectivity index (χ4v) is 3.79. The molecule has 2 amide bonds. The van der Waals surface area contributed by atoms with Crippen molar-refractivity contribution < 1.29 is 14.5 Å². The number of nitrogens with one attached hydrogen (secondary N) is 1. The number of nitro groups is 1. The van der Waals surface area contributed by atoms with E-state index in [-0.39, 0.29) is 17.5 Å². The molecule has 0 unspecified atom stereocenters. The van der Waals surface area contributed by atoms with Crippen molar-refractivity contribution >= 4 is 63.3 Å². The average molecular weight is 399 g/mol. The molecule has 1 N–H and O–H groups in total. The minimum absolute atomic E-state index is 0.0811. The van der Waals surface area contributed by atoms with Crippen molar-refractivity contribution in [2.45, 2.75) is 6.92 Å². The Morgan fingerprint density at radius 2 is 1.89 bits per heavy atom. The summed E-state index contributed by atoms with van der Waals surface area (Å²) in [6.07, 6.45) is 1.48. The molecule has 0 aromatic heterocycles. The molecule has 0 saturated carbocycles. The van der Waals surface area contributed by atoms with Gasteiger partial charge < -0.3 is 5.32 Å². The zero-order chi connectivity index (χ0) is 19.6. The molecule has 1 aliphatic rings. The number of benzene rings is 2. The third kappa shape index (κ3) is 4.04. The highest BCUT2D eigenvalue weighted by atomic mass is 32.2. The van der Waals surface area contributed by atoms with Crippen LogP contribution in [0, 0.1) is 10.1 Å². The topological polar surface area (TPSA) is 92.6 Å². The first-order valence-electron chi connectivity index (χ1n) is 7.76. The molecule has 2 aromatic carbocycles. The van der Waals surface area contributed by atoms with Crippen LogP contribution in [0.2, 0.25) is 0 Å². The highest BCUT2D eigenvalue weighted by molar-refractivity contribution is 8.27. The predicted molar refractivity (Wildman–Crippen MR) is 109 cm³/mol. The molecular formula is C18H13N3O4S2. The number of hydrogen-bond acceptors (Lipinski definition) is 6. The zero-order valence-electron chi connectivity index (χ0n) is 14.0. The van der Waals surface area contributed by atoms with E-state index >= 15 is 0 Å². The summed E-state index contributed by atoms with van der Waals surface area (Å²) >= 11 is 6.39. The van der Waals surface area contributed by atoms with Gasteiger partial charge in [0.1, 0.15) is 0 Å². The number of nitro benzene ring substituents is 1. The second-order valence-electron chi connectivity index (χ2n) is 5.56. The largest absolute Gasteiger partial charge is 0.326 e. The average Bonchev–Trinajstić information content (AvgIpc) is 2.89. The van der Waals surface area contributed by atoms with Gasteiger partial charge in [-0.1, -0.05) is 36.1 Å². The smallest absolute Gasteiger partial charge is 0.276 e.